The van der Waals surface area contributed by atoms with Crippen molar-refractivity contribution in [1.29, 1.82) is 0 Å². The molecule has 2 aromatic carbocycles. The smallest absolute Gasteiger partial charge is 0.186 e. The van der Waals surface area contributed by atoms with Crippen LogP contribution in [0.4, 0.5) is 0 Å². The topological polar surface area (TPSA) is 51.2 Å². The van der Waals surface area contributed by atoms with Crippen LogP contribution >= 0.6 is 0 Å². The number of hydrogen-bond donors (Lipinski definition) is 0. The molecule has 0 aliphatic heterocycles. The van der Waals surface area contributed by atoms with Gasteiger partial charge >= 0.3 is 0 Å². The third-order valence-corrected chi connectivity index (χ3v) is 5.51. The third kappa shape index (κ3) is 3.22. The Morgan fingerprint density at radius 2 is 1.52 bits per heavy atom. The molecule has 0 bridgehead atoms. The molecule has 0 radical (unpaired) electrons. The normalized spacial score (nSPS) is 11.4. The molecule has 2 aromatic rings. The third-order valence-electron chi connectivity index (χ3n) is 3.76. The van der Waals surface area contributed by atoms with Crippen LogP contribution in [0, 0.1) is 20.8 Å². The molecule has 0 spiro atoms. The Kier molecular flexibility index (Phi) is 4.28. The Morgan fingerprint density at radius 1 is 0.905 bits per heavy atom. The highest BCUT2D eigenvalue weighted by Crippen LogP contribution is 2.23. The minimum absolute atomic E-state index is 0.245. The van der Waals surface area contributed by atoms with Crippen molar-refractivity contribution in [2.75, 3.05) is 5.75 Å². The van der Waals surface area contributed by atoms with Gasteiger partial charge in [0.1, 0.15) is 5.75 Å². The highest BCUT2D eigenvalue weighted by Gasteiger charge is 2.23. The zero-order valence-corrected chi connectivity index (χ0v) is 13.2. The molecule has 0 aromatic heterocycles. The van der Waals surface area contributed by atoms with E-state index in [4.69, 9.17) is 0 Å². The number of sulfone groups is 1. The summed E-state index contributed by atoms with van der Waals surface area (Å²) in [5, 5.41) is 0. The average molecular weight is 302 g/mol. The van der Waals surface area contributed by atoms with Crippen LogP contribution in [-0.4, -0.2) is 20.0 Å². The van der Waals surface area contributed by atoms with Crippen molar-refractivity contribution in [3.05, 3.63) is 64.7 Å². The summed E-state index contributed by atoms with van der Waals surface area (Å²) < 4.78 is 25.0. The molecule has 4 heteroatoms. The van der Waals surface area contributed by atoms with Gasteiger partial charge in [0.2, 0.25) is 0 Å². The second-order valence-electron chi connectivity index (χ2n) is 5.18. The second-order valence-corrected chi connectivity index (χ2v) is 7.14. The lowest BCUT2D eigenvalue weighted by Gasteiger charge is -2.11. The van der Waals surface area contributed by atoms with E-state index in [2.05, 4.69) is 0 Å². The molecule has 0 fully saturated rings. The first-order valence-electron chi connectivity index (χ1n) is 6.71. The zero-order chi connectivity index (χ0) is 15.6. The number of hydrogen-bond acceptors (Lipinski definition) is 3. The molecular formula is C17H18O3S. The summed E-state index contributed by atoms with van der Waals surface area (Å²) in [4.78, 5) is 12.4. The molecule has 0 heterocycles. The fourth-order valence-electron chi connectivity index (χ4n) is 2.23. The van der Waals surface area contributed by atoms with E-state index >= 15 is 0 Å². The Balaban J connectivity index is 2.36. The monoisotopic (exact) mass is 302 g/mol. The van der Waals surface area contributed by atoms with Crippen LogP contribution in [-0.2, 0) is 9.84 Å². The SMILES string of the molecule is Cc1ccc(S(=O)(=O)CC(=O)c2ccccc2)c(C)c1C. The van der Waals surface area contributed by atoms with Crippen LogP contribution in [0.3, 0.4) is 0 Å². The fraction of sp³-hybridized carbons (Fsp3) is 0.235. The number of rotatable bonds is 4. The van der Waals surface area contributed by atoms with Gasteiger partial charge in [-0.25, -0.2) is 8.42 Å². The van der Waals surface area contributed by atoms with Crippen LogP contribution in [0.1, 0.15) is 27.0 Å². The summed E-state index contributed by atoms with van der Waals surface area (Å²) >= 11 is 0. The van der Waals surface area contributed by atoms with Gasteiger partial charge in [-0.05, 0) is 43.5 Å². The molecule has 0 aliphatic rings. The molecule has 0 aliphatic carbocycles. The van der Waals surface area contributed by atoms with Crippen LogP contribution in [0.2, 0.25) is 0 Å². The summed E-state index contributed by atoms with van der Waals surface area (Å²) in [6.45, 7) is 5.61. The Morgan fingerprint density at radius 3 is 2.14 bits per heavy atom. The molecule has 0 saturated carbocycles. The van der Waals surface area contributed by atoms with Crippen LogP contribution in [0.15, 0.2) is 47.4 Å². The number of Topliss-reactive ketones (excluding diaryl/α,β-unsaturated/α-hetero) is 1. The van der Waals surface area contributed by atoms with E-state index in [9.17, 15) is 13.2 Å². The average Bonchev–Trinajstić information content (AvgIpc) is 2.45. The highest BCUT2D eigenvalue weighted by atomic mass is 32.2. The lowest BCUT2D eigenvalue weighted by Crippen LogP contribution is -2.17. The van der Waals surface area contributed by atoms with Gasteiger partial charge in [-0.15, -0.1) is 0 Å². The second kappa shape index (κ2) is 5.82. The van der Waals surface area contributed by atoms with Gasteiger partial charge in [0.05, 0.1) is 4.90 Å². The maximum absolute atomic E-state index is 12.5. The first-order chi connectivity index (χ1) is 9.83. The summed E-state index contributed by atoms with van der Waals surface area (Å²) in [6.07, 6.45) is 0. The zero-order valence-electron chi connectivity index (χ0n) is 12.4. The summed E-state index contributed by atoms with van der Waals surface area (Å²) in [7, 11) is -3.63. The maximum atomic E-state index is 12.5. The van der Waals surface area contributed by atoms with Crippen LogP contribution in [0.25, 0.3) is 0 Å². The van der Waals surface area contributed by atoms with Crippen molar-refractivity contribution in [2.45, 2.75) is 25.7 Å². The highest BCUT2D eigenvalue weighted by molar-refractivity contribution is 7.92. The molecule has 2 rings (SSSR count). The van der Waals surface area contributed by atoms with Gasteiger partial charge in [0, 0.05) is 5.56 Å². The number of benzene rings is 2. The molecule has 0 saturated heterocycles. The molecule has 0 N–H and O–H groups in total. The van der Waals surface area contributed by atoms with Crippen LogP contribution in [0.5, 0.6) is 0 Å². The van der Waals surface area contributed by atoms with Crippen LogP contribution < -0.4 is 0 Å². The van der Waals surface area contributed by atoms with Gasteiger partial charge in [-0.1, -0.05) is 36.4 Å². The quantitative estimate of drug-likeness (QED) is 0.815. The van der Waals surface area contributed by atoms with Gasteiger partial charge in [0.25, 0.3) is 0 Å². The summed E-state index contributed by atoms with van der Waals surface area (Å²) in [5.41, 5.74) is 3.13. The maximum Gasteiger partial charge on any atom is 0.186 e. The van der Waals surface area contributed by atoms with Gasteiger partial charge in [0.15, 0.2) is 15.6 Å². The standard InChI is InChI=1S/C17H18O3S/c1-12-9-10-17(14(3)13(12)2)21(19,20)11-16(18)15-7-5-4-6-8-15/h4-10H,11H2,1-3H3. The number of aryl methyl sites for hydroxylation is 1. The molecule has 0 unspecified atom stereocenters. The lowest BCUT2D eigenvalue weighted by atomic mass is 10.1. The van der Waals surface area contributed by atoms with E-state index in [-0.39, 0.29) is 10.7 Å². The molecular weight excluding hydrogens is 284 g/mol. The molecule has 0 atom stereocenters. The van der Waals surface area contributed by atoms with Crippen molar-refractivity contribution < 1.29 is 13.2 Å². The fourth-order valence-corrected chi connectivity index (χ4v) is 3.79. The Labute approximate surface area is 125 Å². The predicted molar refractivity (Wildman–Crippen MR) is 83.5 cm³/mol. The van der Waals surface area contributed by atoms with E-state index in [0.717, 1.165) is 16.7 Å². The number of ketones is 1. The first-order valence-corrected chi connectivity index (χ1v) is 8.36. The van der Waals surface area contributed by atoms with Gasteiger partial charge in [-0.2, -0.15) is 0 Å². The Bertz CT molecular complexity index is 775. The van der Waals surface area contributed by atoms with Crippen molar-refractivity contribution in [1.82, 2.24) is 0 Å². The van der Waals surface area contributed by atoms with Crippen molar-refractivity contribution >= 4 is 15.6 Å². The van der Waals surface area contributed by atoms with E-state index in [1.165, 1.54) is 0 Å². The molecule has 21 heavy (non-hydrogen) atoms. The lowest BCUT2D eigenvalue weighted by molar-refractivity contribution is 0.102. The van der Waals surface area contributed by atoms with Crippen molar-refractivity contribution in [3.8, 4) is 0 Å². The number of carbonyl (C=O) groups is 1. The minimum Gasteiger partial charge on any atom is -0.293 e. The Hall–Kier alpha value is -1.94. The van der Waals surface area contributed by atoms with E-state index in [0.29, 0.717) is 5.56 Å². The number of carbonyl (C=O) groups excluding carboxylic acids is 1. The van der Waals surface area contributed by atoms with Gasteiger partial charge < -0.3 is 0 Å². The first kappa shape index (κ1) is 15.4. The van der Waals surface area contributed by atoms with Crippen molar-refractivity contribution in [3.63, 3.8) is 0 Å². The minimum atomic E-state index is -3.63. The molecule has 0 amide bonds. The molecule has 110 valence electrons. The largest absolute Gasteiger partial charge is 0.293 e. The molecule has 3 nitrogen and oxygen atoms in total. The predicted octanol–water partition coefficient (Wildman–Crippen LogP) is 3.27. The van der Waals surface area contributed by atoms with E-state index < -0.39 is 15.6 Å². The van der Waals surface area contributed by atoms with Gasteiger partial charge in [-0.3, -0.25) is 4.79 Å². The van der Waals surface area contributed by atoms with Crippen molar-refractivity contribution in [2.24, 2.45) is 0 Å². The summed E-state index contributed by atoms with van der Waals surface area (Å²) in [6, 6.07) is 11.9. The van der Waals surface area contributed by atoms with E-state index in [1.807, 2.05) is 13.8 Å². The van der Waals surface area contributed by atoms with E-state index in [1.54, 1.807) is 49.4 Å². The summed E-state index contributed by atoms with van der Waals surface area (Å²) in [5.74, 6) is -0.881.